The summed E-state index contributed by atoms with van der Waals surface area (Å²) in [6.07, 6.45) is -2.33. The van der Waals surface area contributed by atoms with E-state index >= 15 is 4.39 Å². The largest absolute Gasteiger partial charge is 0.433 e. The summed E-state index contributed by atoms with van der Waals surface area (Å²) in [7, 11) is 0. The van der Waals surface area contributed by atoms with E-state index in [0.717, 1.165) is 4.68 Å². The molecule has 1 N–H and O–H groups in total. The lowest BCUT2D eigenvalue weighted by Crippen LogP contribution is -2.41. The molecule has 1 aromatic heterocycles. The van der Waals surface area contributed by atoms with Crippen molar-refractivity contribution in [1.82, 2.24) is 14.7 Å². The first kappa shape index (κ1) is 26.8. The first-order valence-electron chi connectivity index (χ1n) is 12.0. The van der Waals surface area contributed by atoms with Gasteiger partial charge in [0.15, 0.2) is 5.69 Å². The molecule has 2 saturated heterocycles. The van der Waals surface area contributed by atoms with Crippen molar-refractivity contribution in [2.24, 2.45) is 0 Å². The number of benzene rings is 2. The Morgan fingerprint density at radius 2 is 1.95 bits per heavy atom. The van der Waals surface area contributed by atoms with Crippen LogP contribution in [0.2, 0.25) is 10.0 Å². The predicted molar refractivity (Wildman–Crippen MR) is 137 cm³/mol. The second kappa shape index (κ2) is 10.1. The number of alkyl halides is 3. The number of amides is 1. The Hall–Kier alpha value is -2.82. The van der Waals surface area contributed by atoms with E-state index in [1.165, 1.54) is 41.3 Å². The van der Waals surface area contributed by atoms with Crippen LogP contribution < -0.4 is 5.32 Å². The van der Waals surface area contributed by atoms with Crippen molar-refractivity contribution in [2.75, 3.05) is 31.6 Å². The number of carbonyl (C=O) groups is 1. The Morgan fingerprint density at radius 1 is 1.21 bits per heavy atom. The smallest absolute Gasteiger partial charge is 0.381 e. The zero-order valence-electron chi connectivity index (χ0n) is 20.1. The van der Waals surface area contributed by atoms with Gasteiger partial charge in [0.1, 0.15) is 5.82 Å². The molecular formula is C26H24Cl2F4N4O2. The van der Waals surface area contributed by atoms with Gasteiger partial charge in [-0.05, 0) is 55.7 Å². The average molecular weight is 571 g/mol. The second-order valence-electron chi connectivity index (χ2n) is 9.51. The summed E-state index contributed by atoms with van der Waals surface area (Å²) < 4.78 is 64.0. The van der Waals surface area contributed by atoms with Crippen LogP contribution in [-0.4, -0.2) is 46.9 Å². The van der Waals surface area contributed by atoms with Crippen molar-refractivity contribution < 1.29 is 27.1 Å². The van der Waals surface area contributed by atoms with Gasteiger partial charge >= 0.3 is 6.18 Å². The highest BCUT2D eigenvalue weighted by Crippen LogP contribution is 2.44. The summed E-state index contributed by atoms with van der Waals surface area (Å²) in [6.45, 7) is 4.56. The number of fused-ring (bicyclic) bond motifs is 1. The molecule has 38 heavy (non-hydrogen) atoms. The fraction of sp³-hybridized carbons (Fsp3) is 0.385. The standard InChI is InChI=1S/C26H24Cl2F4N4O2/c1-2-21(37)35-10-9-25(14-35,22-19(29)6-5-18(27)23(22)28)33-15-3-4-17-20(13-15)34-36(24(17)26(30,31)32)16-7-11-38-12-8-16/h2-6,13,16,33H,1,7-12,14H2. The Labute approximate surface area is 226 Å². The van der Waals surface area contributed by atoms with Gasteiger partial charge in [0.25, 0.3) is 0 Å². The van der Waals surface area contributed by atoms with Crippen LogP contribution in [-0.2, 0) is 21.2 Å². The van der Waals surface area contributed by atoms with Gasteiger partial charge in [-0.15, -0.1) is 0 Å². The lowest BCUT2D eigenvalue weighted by molar-refractivity contribution is -0.144. The Balaban J connectivity index is 1.60. The number of nitrogens with zero attached hydrogens (tertiary/aromatic N) is 3. The Kier molecular flexibility index (Phi) is 7.08. The number of anilines is 1. The number of likely N-dealkylation sites (tertiary alicyclic amines) is 1. The number of carbonyl (C=O) groups excluding carboxylic acids is 1. The SMILES string of the molecule is C=CC(=O)N1CCC(Nc2ccc3c(C(F)(F)F)n(C4CCOCC4)nc3c2)(c2c(F)ccc(Cl)c2Cl)C1. The molecule has 2 fully saturated rings. The van der Waals surface area contributed by atoms with Gasteiger partial charge < -0.3 is 15.0 Å². The third-order valence-electron chi connectivity index (χ3n) is 7.16. The molecule has 2 aliphatic heterocycles. The van der Waals surface area contributed by atoms with Crippen LogP contribution in [0, 0.1) is 5.82 Å². The molecular weight excluding hydrogens is 547 g/mol. The predicted octanol–water partition coefficient (Wildman–Crippen LogP) is 6.58. The van der Waals surface area contributed by atoms with E-state index in [-0.39, 0.29) is 51.9 Å². The van der Waals surface area contributed by atoms with Crippen molar-refractivity contribution >= 4 is 45.7 Å². The van der Waals surface area contributed by atoms with Crippen LogP contribution in [0.5, 0.6) is 0 Å². The molecule has 202 valence electrons. The number of aromatic nitrogens is 2. The molecule has 2 aliphatic rings. The third kappa shape index (κ3) is 4.74. The molecule has 1 unspecified atom stereocenters. The van der Waals surface area contributed by atoms with Gasteiger partial charge in [0.2, 0.25) is 5.91 Å². The molecule has 3 heterocycles. The molecule has 1 atom stereocenters. The first-order chi connectivity index (χ1) is 18.0. The minimum atomic E-state index is -4.61. The van der Waals surface area contributed by atoms with E-state index in [1.54, 1.807) is 0 Å². The monoisotopic (exact) mass is 570 g/mol. The number of hydrogen-bond acceptors (Lipinski definition) is 4. The lowest BCUT2D eigenvalue weighted by atomic mass is 9.87. The van der Waals surface area contributed by atoms with Gasteiger partial charge in [-0.2, -0.15) is 18.3 Å². The zero-order chi connectivity index (χ0) is 27.2. The van der Waals surface area contributed by atoms with Crippen molar-refractivity contribution in [3.8, 4) is 0 Å². The van der Waals surface area contributed by atoms with Gasteiger partial charge in [-0.25, -0.2) is 4.39 Å². The van der Waals surface area contributed by atoms with Gasteiger partial charge in [-0.1, -0.05) is 29.8 Å². The number of rotatable bonds is 5. The topological polar surface area (TPSA) is 59.4 Å². The zero-order valence-corrected chi connectivity index (χ0v) is 21.6. The maximum atomic E-state index is 15.2. The van der Waals surface area contributed by atoms with Gasteiger partial charge in [0, 0.05) is 42.9 Å². The van der Waals surface area contributed by atoms with Crippen molar-refractivity contribution in [1.29, 1.82) is 0 Å². The van der Waals surface area contributed by atoms with E-state index in [9.17, 15) is 18.0 Å². The number of halogens is 6. The molecule has 1 amide bonds. The highest BCUT2D eigenvalue weighted by Gasteiger charge is 2.45. The van der Waals surface area contributed by atoms with Crippen LogP contribution in [0.15, 0.2) is 43.0 Å². The summed E-state index contributed by atoms with van der Waals surface area (Å²) in [5.41, 5.74) is -1.40. The van der Waals surface area contributed by atoms with Crippen LogP contribution >= 0.6 is 23.2 Å². The molecule has 5 rings (SSSR count). The van der Waals surface area contributed by atoms with E-state index in [0.29, 0.717) is 31.7 Å². The van der Waals surface area contributed by atoms with Crippen LogP contribution in [0.3, 0.4) is 0 Å². The Morgan fingerprint density at radius 3 is 2.63 bits per heavy atom. The van der Waals surface area contributed by atoms with E-state index in [1.807, 2.05) is 0 Å². The second-order valence-corrected chi connectivity index (χ2v) is 10.3. The maximum absolute atomic E-state index is 15.2. The molecule has 6 nitrogen and oxygen atoms in total. The molecule has 12 heteroatoms. The summed E-state index contributed by atoms with van der Waals surface area (Å²) in [6, 6.07) is 6.43. The third-order valence-corrected chi connectivity index (χ3v) is 7.97. The van der Waals surface area contributed by atoms with E-state index in [2.05, 4.69) is 17.0 Å². The van der Waals surface area contributed by atoms with E-state index < -0.39 is 29.3 Å². The summed E-state index contributed by atoms with van der Waals surface area (Å²) in [4.78, 5) is 13.9. The highest BCUT2D eigenvalue weighted by atomic mass is 35.5. The molecule has 0 radical (unpaired) electrons. The molecule has 3 aromatic rings. The fourth-order valence-electron chi connectivity index (χ4n) is 5.40. The highest BCUT2D eigenvalue weighted by molar-refractivity contribution is 6.42. The van der Waals surface area contributed by atoms with Crippen LogP contribution in [0.25, 0.3) is 10.9 Å². The first-order valence-corrected chi connectivity index (χ1v) is 12.8. The minimum Gasteiger partial charge on any atom is -0.381 e. The van der Waals surface area contributed by atoms with Gasteiger partial charge in [0.05, 0.1) is 27.1 Å². The van der Waals surface area contributed by atoms with Crippen molar-refractivity contribution in [3.05, 3.63) is 70.1 Å². The summed E-state index contributed by atoms with van der Waals surface area (Å²) in [5, 5.41) is 7.70. The van der Waals surface area contributed by atoms with Gasteiger partial charge in [-0.3, -0.25) is 9.48 Å². The van der Waals surface area contributed by atoms with Crippen molar-refractivity contribution in [2.45, 2.75) is 37.0 Å². The van der Waals surface area contributed by atoms with E-state index in [4.69, 9.17) is 27.9 Å². The molecule has 2 aromatic carbocycles. The summed E-state index contributed by atoms with van der Waals surface area (Å²) in [5.74, 6) is -0.961. The minimum absolute atomic E-state index is 0.00343. The summed E-state index contributed by atoms with van der Waals surface area (Å²) >= 11 is 12.7. The number of hydrogen-bond donors (Lipinski definition) is 1. The average Bonchev–Trinajstić information content (AvgIpc) is 3.49. The van der Waals surface area contributed by atoms with Crippen molar-refractivity contribution in [3.63, 3.8) is 0 Å². The Bertz CT molecular complexity index is 1400. The fourth-order valence-corrected chi connectivity index (χ4v) is 5.89. The quantitative estimate of drug-likeness (QED) is 0.214. The molecule has 0 saturated carbocycles. The lowest BCUT2D eigenvalue weighted by Gasteiger charge is -2.33. The molecule has 0 spiro atoms. The van der Waals surface area contributed by atoms with Crippen LogP contribution in [0.4, 0.5) is 23.2 Å². The number of nitrogens with one attached hydrogen (secondary N) is 1. The maximum Gasteiger partial charge on any atom is 0.433 e. The normalized spacial score (nSPS) is 20.7. The number of ether oxygens (including phenoxy) is 1. The molecule has 0 aliphatic carbocycles. The van der Waals surface area contributed by atoms with Crippen LogP contribution in [0.1, 0.15) is 36.6 Å². The molecule has 0 bridgehead atoms.